The van der Waals surface area contributed by atoms with Crippen LogP contribution in [0.25, 0.3) is 11.5 Å². The molecule has 0 fully saturated rings. The number of hydrogen-bond donors (Lipinski definition) is 1. The van der Waals surface area contributed by atoms with E-state index in [0.29, 0.717) is 12.4 Å². The number of unbranched alkanes of at least 4 members (excludes halogenated alkanes) is 5. The van der Waals surface area contributed by atoms with Crippen molar-refractivity contribution in [3.05, 3.63) is 35.7 Å². The largest absolute Gasteiger partial charge is 0.334 e. The third kappa shape index (κ3) is 4.97. The van der Waals surface area contributed by atoms with E-state index in [-0.39, 0.29) is 0 Å². The first-order chi connectivity index (χ1) is 10.3. The molecular formula is C17H25N3O. The van der Waals surface area contributed by atoms with E-state index in [0.717, 1.165) is 29.8 Å². The Morgan fingerprint density at radius 2 is 1.71 bits per heavy atom. The lowest BCUT2D eigenvalue weighted by Gasteiger charge is -1.98. The molecule has 0 amide bonds. The minimum Gasteiger partial charge on any atom is -0.334 e. The molecule has 0 saturated heterocycles. The van der Waals surface area contributed by atoms with E-state index in [1.165, 1.54) is 32.1 Å². The molecule has 1 heterocycles. The van der Waals surface area contributed by atoms with Crippen molar-refractivity contribution in [3.63, 3.8) is 0 Å². The molecule has 0 aliphatic heterocycles. The van der Waals surface area contributed by atoms with Gasteiger partial charge in [0.1, 0.15) is 0 Å². The van der Waals surface area contributed by atoms with Crippen LogP contribution in [0.4, 0.5) is 0 Å². The second-order valence-electron chi connectivity index (χ2n) is 5.43. The molecule has 21 heavy (non-hydrogen) atoms. The Morgan fingerprint density at radius 1 is 1.00 bits per heavy atom. The molecule has 114 valence electrons. The number of aromatic nitrogens is 2. The topological polar surface area (TPSA) is 64.9 Å². The molecule has 0 saturated carbocycles. The quantitative estimate of drug-likeness (QED) is 0.705. The first kappa shape index (κ1) is 15.7. The van der Waals surface area contributed by atoms with Crippen molar-refractivity contribution >= 4 is 0 Å². The maximum atomic E-state index is 5.59. The molecule has 1 aromatic carbocycles. The fraction of sp³-hybridized carbons (Fsp3) is 0.529. The minimum atomic E-state index is 0.549. The second-order valence-corrected chi connectivity index (χ2v) is 5.43. The van der Waals surface area contributed by atoms with Gasteiger partial charge in [0.2, 0.25) is 0 Å². The first-order valence-electron chi connectivity index (χ1n) is 7.95. The van der Waals surface area contributed by atoms with Gasteiger partial charge in [-0.2, -0.15) is 4.98 Å². The minimum absolute atomic E-state index is 0.549. The van der Waals surface area contributed by atoms with Crippen molar-refractivity contribution in [1.29, 1.82) is 0 Å². The SMILES string of the molecule is CCCCCCCCc1noc(-c2ccc(CN)cc2)n1. The lowest BCUT2D eigenvalue weighted by Crippen LogP contribution is -1.95. The van der Waals surface area contributed by atoms with Gasteiger partial charge in [-0.05, 0) is 24.1 Å². The number of hydrogen-bond acceptors (Lipinski definition) is 4. The molecule has 0 radical (unpaired) electrons. The van der Waals surface area contributed by atoms with E-state index in [4.69, 9.17) is 10.3 Å². The van der Waals surface area contributed by atoms with E-state index in [1.54, 1.807) is 0 Å². The summed E-state index contributed by atoms with van der Waals surface area (Å²) in [4.78, 5) is 4.46. The number of benzene rings is 1. The molecule has 0 spiro atoms. The zero-order chi connectivity index (χ0) is 14.9. The van der Waals surface area contributed by atoms with Gasteiger partial charge in [0.05, 0.1) is 0 Å². The van der Waals surface area contributed by atoms with Gasteiger partial charge >= 0.3 is 0 Å². The van der Waals surface area contributed by atoms with Crippen LogP contribution in [0.3, 0.4) is 0 Å². The maximum Gasteiger partial charge on any atom is 0.257 e. The fourth-order valence-electron chi connectivity index (χ4n) is 2.32. The number of nitrogens with zero attached hydrogens (tertiary/aromatic N) is 2. The summed E-state index contributed by atoms with van der Waals surface area (Å²) in [5.41, 5.74) is 7.64. The smallest absolute Gasteiger partial charge is 0.257 e. The van der Waals surface area contributed by atoms with Gasteiger partial charge in [-0.25, -0.2) is 0 Å². The highest BCUT2D eigenvalue weighted by molar-refractivity contribution is 5.53. The van der Waals surface area contributed by atoms with Crippen LogP contribution in [-0.2, 0) is 13.0 Å². The standard InChI is InChI=1S/C17H25N3O/c1-2-3-4-5-6-7-8-16-19-17(21-20-16)15-11-9-14(13-18)10-12-15/h9-12H,2-8,13,18H2,1H3. The molecule has 0 bridgehead atoms. The normalized spacial score (nSPS) is 11.0. The molecular weight excluding hydrogens is 262 g/mol. The molecule has 4 nitrogen and oxygen atoms in total. The predicted octanol–water partition coefficient (Wildman–Crippen LogP) is 4.10. The molecule has 2 N–H and O–H groups in total. The van der Waals surface area contributed by atoms with E-state index in [9.17, 15) is 0 Å². The van der Waals surface area contributed by atoms with Crippen LogP contribution >= 0.6 is 0 Å². The Hall–Kier alpha value is -1.68. The lowest BCUT2D eigenvalue weighted by atomic mass is 10.1. The Balaban J connectivity index is 1.80. The zero-order valence-corrected chi connectivity index (χ0v) is 12.8. The van der Waals surface area contributed by atoms with Crippen molar-refractivity contribution in [2.24, 2.45) is 5.73 Å². The van der Waals surface area contributed by atoms with Gasteiger partial charge in [0.25, 0.3) is 5.89 Å². The van der Waals surface area contributed by atoms with Crippen LogP contribution < -0.4 is 5.73 Å². The molecule has 0 unspecified atom stereocenters. The predicted molar refractivity (Wildman–Crippen MR) is 84.7 cm³/mol. The Kier molecular flexibility index (Phi) is 6.41. The summed E-state index contributed by atoms with van der Waals surface area (Å²) < 4.78 is 5.33. The zero-order valence-electron chi connectivity index (χ0n) is 12.8. The van der Waals surface area contributed by atoms with Gasteiger partial charge in [-0.3, -0.25) is 0 Å². The summed E-state index contributed by atoms with van der Waals surface area (Å²) in [6.45, 7) is 2.79. The summed E-state index contributed by atoms with van der Waals surface area (Å²) in [5.74, 6) is 1.41. The van der Waals surface area contributed by atoms with Crippen molar-refractivity contribution < 1.29 is 4.52 Å². The van der Waals surface area contributed by atoms with Gasteiger partial charge in [-0.15, -0.1) is 0 Å². The van der Waals surface area contributed by atoms with E-state index in [1.807, 2.05) is 24.3 Å². The Labute approximate surface area is 126 Å². The van der Waals surface area contributed by atoms with Crippen LogP contribution in [0.5, 0.6) is 0 Å². The number of nitrogens with two attached hydrogens (primary N) is 1. The van der Waals surface area contributed by atoms with Gasteiger partial charge in [0.15, 0.2) is 5.82 Å². The highest BCUT2D eigenvalue weighted by Gasteiger charge is 2.08. The van der Waals surface area contributed by atoms with Crippen molar-refractivity contribution in [2.45, 2.75) is 58.4 Å². The third-order valence-corrected chi connectivity index (χ3v) is 3.66. The van der Waals surface area contributed by atoms with Crippen LogP contribution in [0.1, 0.15) is 56.8 Å². The van der Waals surface area contributed by atoms with E-state index in [2.05, 4.69) is 17.1 Å². The van der Waals surface area contributed by atoms with Gasteiger partial charge < -0.3 is 10.3 Å². The highest BCUT2D eigenvalue weighted by atomic mass is 16.5. The lowest BCUT2D eigenvalue weighted by molar-refractivity contribution is 0.421. The molecule has 4 heteroatoms. The summed E-state index contributed by atoms with van der Waals surface area (Å²) in [6.07, 6.45) is 8.54. The van der Waals surface area contributed by atoms with Crippen molar-refractivity contribution in [1.82, 2.24) is 10.1 Å². The Morgan fingerprint density at radius 3 is 2.43 bits per heavy atom. The monoisotopic (exact) mass is 287 g/mol. The molecule has 2 rings (SSSR count). The molecule has 2 aromatic rings. The van der Waals surface area contributed by atoms with Crippen LogP contribution in [-0.4, -0.2) is 10.1 Å². The van der Waals surface area contributed by atoms with Gasteiger partial charge in [-0.1, -0.05) is 56.3 Å². The van der Waals surface area contributed by atoms with Gasteiger partial charge in [0, 0.05) is 18.5 Å². The van der Waals surface area contributed by atoms with Crippen LogP contribution in [0, 0.1) is 0 Å². The molecule has 0 aliphatic carbocycles. The van der Waals surface area contributed by atoms with E-state index < -0.39 is 0 Å². The molecule has 1 aromatic heterocycles. The highest BCUT2D eigenvalue weighted by Crippen LogP contribution is 2.18. The number of rotatable bonds is 9. The average molecular weight is 287 g/mol. The first-order valence-corrected chi connectivity index (χ1v) is 7.95. The third-order valence-electron chi connectivity index (χ3n) is 3.66. The van der Waals surface area contributed by atoms with Crippen LogP contribution in [0.2, 0.25) is 0 Å². The summed E-state index contributed by atoms with van der Waals surface area (Å²) >= 11 is 0. The molecule has 0 atom stereocenters. The Bertz CT molecular complexity index is 519. The van der Waals surface area contributed by atoms with E-state index >= 15 is 0 Å². The van der Waals surface area contributed by atoms with Crippen LogP contribution in [0.15, 0.2) is 28.8 Å². The summed E-state index contributed by atoms with van der Waals surface area (Å²) in [6, 6.07) is 7.94. The summed E-state index contributed by atoms with van der Waals surface area (Å²) in [7, 11) is 0. The van der Waals surface area contributed by atoms with Crippen molar-refractivity contribution in [3.8, 4) is 11.5 Å². The summed E-state index contributed by atoms with van der Waals surface area (Å²) in [5, 5.41) is 4.06. The fourth-order valence-corrected chi connectivity index (χ4v) is 2.32. The number of aryl methyl sites for hydroxylation is 1. The molecule has 0 aliphatic rings. The maximum absolute atomic E-state index is 5.59. The van der Waals surface area contributed by atoms with Crippen molar-refractivity contribution in [2.75, 3.05) is 0 Å². The average Bonchev–Trinajstić information content (AvgIpc) is 3.00. The second kappa shape index (κ2) is 8.57.